The molecule has 0 amide bonds. The van der Waals surface area contributed by atoms with E-state index in [1.54, 1.807) is 7.11 Å². The first kappa shape index (κ1) is 18.8. The second kappa shape index (κ2) is 8.99. The number of aryl methyl sites for hydroxylation is 1. The van der Waals surface area contributed by atoms with Crippen molar-refractivity contribution >= 4 is 40.8 Å². The molecule has 4 N–H and O–H groups in total. The molecule has 0 saturated heterocycles. The molecule has 1 aromatic heterocycles. The van der Waals surface area contributed by atoms with Gasteiger partial charge < -0.3 is 20.8 Å². The van der Waals surface area contributed by atoms with E-state index in [4.69, 9.17) is 10.5 Å². The lowest BCUT2D eigenvalue weighted by Gasteiger charge is -2.12. The van der Waals surface area contributed by atoms with Crippen LogP contribution in [0.15, 0.2) is 29.4 Å². The molecule has 1 heterocycles. The Bertz CT molecular complexity index is 624. The second-order valence-corrected chi connectivity index (χ2v) is 5.33. The maximum atomic E-state index is 5.86. The van der Waals surface area contributed by atoms with Gasteiger partial charge in [-0.3, -0.25) is 4.99 Å². The topological polar surface area (TPSA) is 75.4 Å². The zero-order valence-corrected chi connectivity index (χ0v) is 15.7. The third-order valence-corrected chi connectivity index (χ3v) is 3.47. The highest BCUT2D eigenvalue weighted by molar-refractivity contribution is 14.0. The van der Waals surface area contributed by atoms with Crippen LogP contribution in [-0.4, -0.2) is 37.2 Å². The summed E-state index contributed by atoms with van der Waals surface area (Å²) in [6.45, 7) is 5.41. The lowest BCUT2D eigenvalue weighted by Crippen LogP contribution is -2.40. The summed E-state index contributed by atoms with van der Waals surface area (Å²) in [5.41, 5.74) is 9.60. The van der Waals surface area contributed by atoms with Crippen molar-refractivity contribution in [1.82, 2.24) is 10.3 Å². The lowest BCUT2D eigenvalue weighted by atomic mass is 10.1. The fourth-order valence-electron chi connectivity index (χ4n) is 2.54. The van der Waals surface area contributed by atoms with Crippen molar-refractivity contribution in [3.63, 3.8) is 0 Å². The Morgan fingerprint density at radius 3 is 2.95 bits per heavy atom. The molecule has 1 atom stereocenters. The van der Waals surface area contributed by atoms with Crippen LogP contribution < -0.4 is 11.1 Å². The number of fused-ring (bicyclic) bond motifs is 1. The van der Waals surface area contributed by atoms with Crippen LogP contribution in [0.4, 0.5) is 0 Å². The Morgan fingerprint density at radius 2 is 2.23 bits per heavy atom. The van der Waals surface area contributed by atoms with Crippen molar-refractivity contribution in [3.05, 3.63) is 35.5 Å². The summed E-state index contributed by atoms with van der Waals surface area (Å²) in [6, 6.07) is 6.45. The van der Waals surface area contributed by atoms with Crippen LogP contribution in [0.25, 0.3) is 10.9 Å². The van der Waals surface area contributed by atoms with Gasteiger partial charge in [-0.05, 0) is 37.5 Å². The predicted molar refractivity (Wildman–Crippen MR) is 103 cm³/mol. The maximum Gasteiger partial charge on any atom is 0.188 e. The van der Waals surface area contributed by atoms with Gasteiger partial charge in [0.05, 0.1) is 6.61 Å². The van der Waals surface area contributed by atoms with Gasteiger partial charge in [0.1, 0.15) is 0 Å². The summed E-state index contributed by atoms with van der Waals surface area (Å²) in [7, 11) is 1.67. The highest BCUT2D eigenvalue weighted by Crippen LogP contribution is 2.22. The number of aliphatic imine (C=N–C) groups is 1. The molecule has 0 fully saturated rings. The predicted octanol–water partition coefficient (Wildman–Crippen LogP) is 2.58. The SMILES string of the molecule is COCC(C)NC(N)=NCCc1c[nH]c2cccc(C)c12.I. The number of hydrogen-bond acceptors (Lipinski definition) is 2. The van der Waals surface area contributed by atoms with Crippen molar-refractivity contribution in [2.75, 3.05) is 20.3 Å². The van der Waals surface area contributed by atoms with E-state index in [1.807, 2.05) is 6.92 Å². The molecule has 1 aromatic carbocycles. The summed E-state index contributed by atoms with van der Waals surface area (Å²) in [4.78, 5) is 7.68. The Kier molecular flexibility index (Phi) is 7.67. The number of ether oxygens (including phenoxy) is 1. The van der Waals surface area contributed by atoms with Crippen LogP contribution in [0, 0.1) is 6.92 Å². The zero-order valence-electron chi connectivity index (χ0n) is 13.3. The highest BCUT2D eigenvalue weighted by Gasteiger charge is 2.06. The Balaban J connectivity index is 0.00000242. The number of guanidine groups is 1. The van der Waals surface area contributed by atoms with E-state index in [1.165, 1.54) is 22.0 Å². The minimum Gasteiger partial charge on any atom is -0.383 e. The smallest absolute Gasteiger partial charge is 0.188 e. The molecule has 0 saturated carbocycles. The van der Waals surface area contributed by atoms with Crippen molar-refractivity contribution in [2.45, 2.75) is 26.3 Å². The lowest BCUT2D eigenvalue weighted by molar-refractivity contribution is 0.179. The van der Waals surface area contributed by atoms with Crippen molar-refractivity contribution < 1.29 is 4.74 Å². The Labute approximate surface area is 148 Å². The van der Waals surface area contributed by atoms with Crippen LogP contribution >= 0.6 is 24.0 Å². The van der Waals surface area contributed by atoms with Gasteiger partial charge in [-0.15, -0.1) is 24.0 Å². The summed E-state index contributed by atoms with van der Waals surface area (Å²) < 4.78 is 5.05. The van der Waals surface area contributed by atoms with Crippen molar-refractivity contribution in [2.24, 2.45) is 10.7 Å². The third kappa shape index (κ3) is 4.88. The fraction of sp³-hybridized carbons (Fsp3) is 0.438. The van der Waals surface area contributed by atoms with Crippen LogP contribution in [0.3, 0.4) is 0 Å². The first-order valence-electron chi connectivity index (χ1n) is 7.22. The number of aromatic nitrogens is 1. The van der Waals surface area contributed by atoms with E-state index in [-0.39, 0.29) is 30.0 Å². The van der Waals surface area contributed by atoms with E-state index in [9.17, 15) is 0 Å². The summed E-state index contributed by atoms with van der Waals surface area (Å²) in [5, 5.41) is 4.40. The molecule has 0 aliphatic carbocycles. The average Bonchev–Trinajstić information content (AvgIpc) is 2.83. The molecule has 0 radical (unpaired) electrons. The first-order chi connectivity index (χ1) is 10.1. The third-order valence-electron chi connectivity index (χ3n) is 3.47. The van der Waals surface area contributed by atoms with Crippen LogP contribution in [-0.2, 0) is 11.2 Å². The Hall–Kier alpha value is -1.28. The number of H-pyrrole nitrogens is 1. The first-order valence-corrected chi connectivity index (χ1v) is 7.22. The van der Waals surface area contributed by atoms with Gasteiger partial charge in [0, 0.05) is 36.8 Å². The van der Waals surface area contributed by atoms with Crippen LogP contribution in [0.2, 0.25) is 0 Å². The van der Waals surface area contributed by atoms with Gasteiger partial charge in [0.15, 0.2) is 5.96 Å². The molecule has 2 aromatic rings. The molecule has 2 rings (SSSR count). The number of nitrogens with zero attached hydrogens (tertiary/aromatic N) is 1. The minimum absolute atomic E-state index is 0. The number of hydrogen-bond donors (Lipinski definition) is 3. The quantitative estimate of drug-likeness (QED) is 0.385. The fourth-order valence-corrected chi connectivity index (χ4v) is 2.54. The molecule has 0 aliphatic rings. The van der Waals surface area contributed by atoms with Gasteiger partial charge in [-0.1, -0.05) is 12.1 Å². The zero-order chi connectivity index (χ0) is 15.2. The van der Waals surface area contributed by atoms with Crippen molar-refractivity contribution in [3.8, 4) is 0 Å². The number of nitrogens with one attached hydrogen (secondary N) is 2. The van der Waals surface area contributed by atoms with Crippen LogP contribution in [0.1, 0.15) is 18.1 Å². The number of rotatable bonds is 6. The van der Waals surface area contributed by atoms with Gasteiger partial charge in [-0.25, -0.2) is 0 Å². The van der Waals surface area contributed by atoms with E-state index in [0.29, 0.717) is 19.1 Å². The summed E-state index contributed by atoms with van der Waals surface area (Å²) >= 11 is 0. The Morgan fingerprint density at radius 1 is 1.45 bits per heavy atom. The van der Waals surface area contributed by atoms with Gasteiger partial charge in [0.2, 0.25) is 0 Å². The van der Waals surface area contributed by atoms with Crippen LogP contribution in [0.5, 0.6) is 0 Å². The standard InChI is InChI=1S/C16H24N4O.HI/c1-11-5-4-6-14-15(11)13(9-19-14)7-8-18-16(17)20-12(2)10-21-3;/h4-6,9,12,19H,7-8,10H2,1-3H3,(H3,17,18,20);1H. The number of aromatic amines is 1. The largest absolute Gasteiger partial charge is 0.383 e. The van der Waals surface area contributed by atoms with E-state index in [0.717, 1.165) is 6.42 Å². The average molecular weight is 416 g/mol. The molecule has 6 heteroatoms. The number of halogens is 1. The highest BCUT2D eigenvalue weighted by atomic mass is 127. The molecular formula is C16H25IN4O. The second-order valence-electron chi connectivity index (χ2n) is 5.33. The molecule has 0 aliphatic heterocycles. The normalized spacial score (nSPS) is 13.0. The summed E-state index contributed by atoms with van der Waals surface area (Å²) in [5.74, 6) is 0.469. The number of nitrogens with two attached hydrogens (primary N) is 1. The monoisotopic (exact) mass is 416 g/mol. The minimum atomic E-state index is 0. The van der Waals surface area contributed by atoms with Gasteiger partial charge in [-0.2, -0.15) is 0 Å². The molecule has 5 nitrogen and oxygen atoms in total. The molecule has 0 bridgehead atoms. The molecule has 22 heavy (non-hydrogen) atoms. The van der Waals surface area contributed by atoms with Gasteiger partial charge in [0.25, 0.3) is 0 Å². The molecular weight excluding hydrogens is 391 g/mol. The van der Waals surface area contributed by atoms with E-state index in [2.05, 4.69) is 46.6 Å². The molecule has 122 valence electrons. The molecule has 1 unspecified atom stereocenters. The number of methoxy groups -OCH3 is 1. The molecule has 0 spiro atoms. The van der Waals surface area contributed by atoms with Crippen molar-refractivity contribution in [1.29, 1.82) is 0 Å². The van der Waals surface area contributed by atoms with Gasteiger partial charge >= 0.3 is 0 Å². The van der Waals surface area contributed by atoms with E-state index < -0.39 is 0 Å². The summed E-state index contributed by atoms with van der Waals surface area (Å²) in [6.07, 6.45) is 2.93. The maximum absolute atomic E-state index is 5.86. The number of benzene rings is 1. The van der Waals surface area contributed by atoms with E-state index >= 15 is 0 Å².